The van der Waals surface area contributed by atoms with Crippen molar-refractivity contribution < 1.29 is 4.79 Å². The van der Waals surface area contributed by atoms with Crippen molar-refractivity contribution in [2.75, 3.05) is 0 Å². The van der Waals surface area contributed by atoms with Crippen LogP contribution in [0.1, 0.15) is 46.3 Å². The summed E-state index contributed by atoms with van der Waals surface area (Å²) in [5, 5.41) is 0. The standard InChI is InChI=1S/C20H21NO/c1-3-17(21)16-12-15-11-7-8-13(2)18(15)20(22)19(16)14-9-5-4-6-10-14/h4-12,17,19H,3,21H2,1-2H3. The van der Waals surface area contributed by atoms with Gasteiger partial charge in [0.25, 0.3) is 0 Å². The summed E-state index contributed by atoms with van der Waals surface area (Å²) in [6.45, 7) is 4.06. The Morgan fingerprint density at radius 2 is 1.82 bits per heavy atom. The van der Waals surface area contributed by atoms with Crippen LogP contribution in [0.15, 0.2) is 54.1 Å². The van der Waals surface area contributed by atoms with E-state index in [9.17, 15) is 4.79 Å². The van der Waals surface area contributed by atoms with Crippen molar-refractivity contribution >= 4 is 11.9 Å². The molecular weight excluding hydrogens is 270 g/mol. The molecule has 0 saturated carbocycles. The molecule has 2 aromatic carbocycles. The number of hydrogen-bond donors (Lipinski definition) is 1. The van der Waals surface area contributed by atoms with Gasteiger partial charge in [-0.15, -0.1) is 0 Å². The molecule has 0 spiro atoms. The Morgan fingerprint density at radius 3 is 2.50 bits per heavy atom. The second-order valence-electron chi connectivity index (χ2n) is 5.91. The van der Waals surface area contributed by atoms with Gasteiger partial charge in [0.1, 0.15) is 0 Å². The van der Waals surface area contributed by atoms with Crippen LogP contribution in [0.2, 0.25) is 0 Å². The van der Waals surface area contributed by atoms with Crippen molar-refractivity contribution in [3.05, 3.63) is 76.4 Å². The maximum absolute atomic E-state index is 13.2. The third-order valence-electron chi connectivity index (χ3n) is 4.47. The first-order chi connectivity index (χ1) is 10.6. The van der Waals surface area contributed by atoms with Gasteiger partial charge in [-0.3, -0.25) is 4.79 Å². The smallest absolute Gasteiger partial charge is 0.175 e. The predicted octanol–water partition coefficient (Wildman–Crippen LogP) is 4.10. The van der Waals surface area contributed by atoms with Crippen LogP contribution in [-0.4, -0.2) is 11.8 Å². The Kier molecular flexibility index (Phi) is 3.95. The summed E-state index contributed by atoms with van der Waals surface area (Å²) in [5.41, 5.74) is 11.2. The summed E-state index contributed by atoms with van der Waals surface area (Å²) < 4.78 is 0. The number of ketones is 1. The molecule has 0 saturated heterocycles. The van der Waals surface area contributed by atoms with Crippen LogP contribution >= 0.6 is 0 Å². The van der Waals surface area contributed by atoms with Crippen molar-refractivity contribution in [2.45, 2.75) is 32.2 Å². The van der Waals surface area contributed by atoms with Crippen LogP contribution in [-0.2, 0) is 0 Å². The minimum Gasteiger partial charge on any atom is -0.324 e. The molecule has 0 fully saturated rings. The summed E-state index contributed by atoms with van der Waals surface area (Å²) in [6, 6.07) is 15.9. The van der Waals surface area contributed by atoms with Gasteiger partial charge in [-0.1, -0.05) is 61.5 Å². The van der Waals surface area contributed by atoms with Gasteiger partial charge >= 0.3 is 0 Å². The Labute approximate surface area is 131 Å². The van der Waals surface area contributed by atoms with Crippen LogP contribution in [0.3, 0.4) is 0 Å². The number of carbonyl (C=O) groups is 1. The minimum absolute atomic E-state index is 0.0946. The molecule has 2 atom stereocenters. The molecule has 1 aliphatic carbocycles. The zero-order valence-electron chi connectivity index (χ0n) is 13.0. The summed E-state index contributed by atoms with van der Waals surface area (Å²) in [5.74, 6) is -0.0922. The van der Waals surface area contributed by atoms with Crippen LogP contribution in [0, 0.1) is 6.92 Å². The molecule has 2 N–H and O–H groups in total. The molecule has 112 valence electrons. The molecule has 0 heterocycles. The Morgan fingerprint density at radius 1 is 1.09 bits per heavy atom. The Balaban J connectivity index is 2.21. The summed E-state index contributed by atoms with van der Waals surface area (Å²) >= 11 is 0. The molecule has 3 rings (SSSR count). The quantitative estimate of drug-likeness (QED) is 0.925. The topological polar surface area (TPSA) is 43.1 Å². The van der Waals surface area contributed by atoms with E-state index in [2.05, 4.69) is 13.0 Å². The molecule has 0 aliphatic heterocycles. The molecular formula is C20H21NO. The third-order valence-corrected chi connectivity index (χ3v) is 4.47. The molecule has 0 bridgehead atoms. The van der Waals surface area contributed by atoms with Crippen molar-refractivity contribution in [2.24, 2.45) is 5.73 Å². The van der Waals surface area contributed by atoms with Gasteiger partial charge in [0, 0.05) is 11.6 Å². The molecule has 1 aliphatic rings. The van der Waals surface area contributed by atoms with Crippen LogP contribution in [0.5, 0.6) is 0 Å². The molecule has 0 amide bonds. The number of nitrogens with two attached hydrogens (primary N) is 1. The molecule has 2 aromatic rings. The van der Waals surface area contributed by atoms with Crippen LogP contribution < -0.4 is 5.73 Å². The molecule has 2 heteroatoms. The van der Waals surface area contributed by atoms with Crippen LogP contribution in [0.4, 0.5) is 0 Å². The molecule has 0 radical (unpaired) electrons. The van der Waals surface area contributed by atoms with Gasteiger partial charge in [-0.2, -0.15) is 0 Å². The zero-order valence-corrected chi connectivity index (χ0v) is 13.0. The highest BCUT2D eigenvalue weighted by molar-refractivity contribution is 6.09. The summed E-state index contributed by atoms with van der Waals surface area (Å²) in [7, 11) is 0. The number of benzene rings is 2. The van der Waals surface area contributed by atoms with Crippen molar-refractivity contribution in [1.29, 1.82) is 0 Å². The second kappa shape index (κ2) is 5.90. The van der Waals surface area contributed by atoms with Gasteiger partial charge in [0.15, 0.2) is 5.78 Å². The Bertz CT molecular complexity index is 731. The number of aryl methyl sites for hydroxylation is 1. The van der Waals surface area contributed by atoms with Gasteiger partial charge in [-0.05, 0) is 35.6 Å². The molecule has 22 heavy (non-hydrogen) atoms. The lowest BCUT2D eigenvalue weighted by molar-refractivity contribution is 0.0968. The number of fused-ring (bicyclic) bond motifs is 1. The van der Waals surface area contributed by atoms with E-state index >= 15 is 0 Å². The highest BCUT2D eigenvalue weighted by Crippen LogP contribution is 2.38. The van der Waals surface area contributed by atoms with E-state index in [0.717, 1.165) is 34.2 Å². The van der Waals surface area contributed by atoms with E-state index in [4.69, 9.17) is 5.73 Å². The number of rotatable bonds is 3. The van der Waals surface area contributed by atoms with Gasteiger partial charge in [0.05, 0.1) is 5.92 Å². The van der Waals surface area contributed by atoms with E-state index in [1.165, 1.54) is 0 Å². The van der Waals surface area contributed by atoms with Gasteiger partial charge < -0.3 is 5.73 Å². The van der Waals surface area contributed by atoms with Crippen LogP contribution in [0.25, 0.3) is 6.08 Å². The minimum atomic E-state index is -0.259. The Hall–Kier alpha value is -2.19. The molecule has 2 nitrogen and oxygen atoms in total. The third kappa shape index (κ3) is 2.40. The average Bonchev–Trinajstić information content (AvgIpc) is 2.54. The van der Waals surface area contributed by atoms with Crippen molar-refractivity contribution in [3.8, 4) is 0 Å². The van der Waals surface area contributed by atoms with Crippen molar-refractivity contribution in [1.82, 2.24) is 0 Å². The van der Waals surface area contributed by atoms with Gasteiger partial charge in [-0.25, -0.2) is 0 Å². The first kappa shape index (κ1) is 14.7. The largest absolute Gasteiger partial charge is 0.324 e. The maximum Gasteiger partial charge on any atom is 0.175 e. The highest BCUT2D eigenvalue weighted by atomic mass is 16.1. The number of carbonyl (C=O) groups excluding carboxylic acids is 1. The first-order valence-electron chi connectivity index (χ1n) is 7.79. The SMILES string of the molecule is CCC(N)C1=Cc2cccc(C)c2C(=O)C1c1ccccc1. The fraction of sp³-hybridized carbons (Fsp3) is 0.250. The van der Waals surface area contributed by atoms with E-state index in [1.807, 2.05) is 55.5 Å². The fourth-order valence-corrected chi connectivity index (χ4v) is 3.25. The second-order valence-corrected chi connectivity index (χ2v) is 5.91. The van der Waals surface area contributed by atoms with Gasteiger partial charge in [0.2, 0.25) is 0 Å². The number of Topliss-reactive ketones (excluding diaryl/α,β-unsaturated/α-hetero) is 1. The normalized spacial score (nSPS) is 18.6. The van der Waals surface area contributed by atoms with E-state index < -0.39 is 0 Å². The average molecular weight is 291 g/mol. The zero-order chi connectivity index (χ0) is 15.7. The van der Waals surface area contributed by atoms with Crippen molar-refractivity contribution in [3.63, 3.8) is 0 Å². The van der Waals surface area contributed by atoms with E-state index in [0.29, 0.717) is 0 Å². The molecule has 2 unspecified atom stereocenters. The maximum atomic E-state index is 13.2. The first-order valence-corrected chi connectivity index (χ1v) is 7.79. The monoisotopic (exact) mass is 291 g/mol. The highest BCUT2D eigenvalue weighted by Gasteiger charge is 2.33. The lowest BCUT2D eigenvalue weighted by Crippen LogP contribution is -2.32. The summed E-state index contributed by atoms with van der Waals surface area (Å²) in [4.78, 5) is 13.2. The lowest BCUT2D eigenvalue weighted by Gasteiger charge is -2.29. The predicted molar refractivity (Wildman–Crippen MR) is 90.9 cm³/mol. The lowest BCUT2D eigenvalue weighted by atomic mass is 9.74. The number of hydrogen-bond acceptors (Lipinski definition) is 2. The van der Waals surface area contributed by atoms with E-state index in [-0.39, 0.29) is 17.7 Å². The molecule has 0 aromatic heterocycles. The summed E-state index contributed by atoms with van der Waals surface area (Å²) in [6.07, 6.45) is 2.94. The van der Waals surface area contributed by atoms with E-state index in [1.54, 1.807) is 0 Å². The fourth-order valence-electron chi connectivity index (χ4n) is 3.25.